The van der Waals surface area contributed by atoms with Gasteiger partial charge in [-0.15, -0.1) is 0 Å². The smallest absolute Gasteiger partial charge is 0.354 e. The van der Waals surface area contributed by atoms with Crippen LogP contribution in [0.15, 0.2) is 42.5 Å². The average Bonchev–Trinajstić information content (AvgIpc) is 2.47. The number of hydrogen-bond acceptors (Lipinski definition) is 5. The minimum Gasteiger partial charge on any atom is -0.478 e. The van der Waals surface area contributed by atoms with Crippen molar-refractivity contribution in [3.8, 4) is 0 Å². The predicted octanol–water partition coefficient (Wildman–Crippen LogP) is 1.41. The minimum absolute atomic E-state index is 0.126. The Kier molecular flexibility index (Phi) is 6.42. The Hall–Kier alpha value is -2.34. The fourth-order valence-electron chi connectivity index (χ4n) is 1.67. The molecule has 1 aromatic carbocycles. The van der Waals surface area contributed by atoms with Crippen LogP contribution >= 0.6 is 0 Å². The maximum absolute atomic E-state index is 11.2. The van der Waals surface area contributed by atoms with Gasteiger partial charge in [-0.05, 0) is 25.5 Å². The number of aliphatic carboxylic acids is 1. The van der Waals surface area contributed by atoms with Crippen molar-refractivity contribution in [3.05, 3.63) is 42.5 Å². The summed E-state index contributed by atoms with van der Waals surface area (Å²) in [4.78, 5) is 23.5. The molecule has 0 saturated carbocycles. The summed E-state index contributed by atoms with van der Waals surface area (Å²) in [6, 6.07) is 8.69. The third-order valence-electron chi connectivity index (χ3n) is 2.73. The zero-order chi connectivity index (χ0) is 15.8. The lowest BCUT2D eigenvalue weighted by Crippen LogP contribution is -2.42. The number of aliphatic hydroxyl groups is 1. The Balaban J connectivity index is 2.61. The van der Waals surface area contributed by atoms with Crippen LogP contribution in [0, 0.1) is 0 Å². The number of carbonyl (C=O) groups is 2. The van der Waals surface area contributed by atoms with Gasteiger partial charge in [-0.3, -0.25) is 0 Å². The van der Waals surface area contributed by atoms with E-state index in [-0.39, 0.29) is 13.2 Å². The maximum Gasteiger partial charge on any atom is 0.354 e. The summed E-state index contributed by atoms with van der Waals surface area (Å²) in [7, 11) is 0. The van der Waals surface area contributed by atoms with Crippen LogP contribution in [0.5, 0.6) is 0 Å². The molecular weight excluding hydrogens is 274 g/mol. The number of nitrogens with zero attached hydrogens (tertiary/aromatic N) is 1. The lowest BCUT2D eigenvalue weighted by atomic mass is 10.2. The zero-order valence-corrected chi connectivity index (χ0v) is 11.9. The second kappa shape index (κ2) is 8.06. The first-order valence-electron chi connectivity index (χ1n) is 6.48. The van der Waals surface area contributed by atoms with Gasteiger partial charge in [-0.25, -0.2) is 9.59 Å². The highest BCUT2D eigenvalue weighted by Gasteiger charge is 2.22. The van der Waals surface area contributed by atoms with Gasteiger partial charge in [-0.2, -0.15) is 0 Å². The van der Waals surface area contributed by atoms with Crippen LogP contribution in [0.4, 0.5) is 5.69 Å². The van der Waals surface area contributed by atoms with Gasteiger partial charge in [0.1, 0.15) is 0 Å². The molecule has 6 nitrogen and oxygen atoms in total. The summed E-state index contributed by atoms with van der Waals surface area (Å²) >= 11 is 0. The molecule has 1 aromatic rings. The van der Waals surface area contributed by atoms with Gasteiger partial charge in [0, 0.05) is 17.8 Å². The van der Waals surface area contributed by atoms with E-state index in [2.05, 4.69) is 6.58 Å². The van der Waals surface area contributed by atoms with Crippen molar-refractivity contribution in [1.82, 2.24) is 0 Å². The second-order valence-corrected chi connectivity index (χ2v) is 4.51. The quantitative estimate of drug-likeness (QED) is 0.326. The molecule has 0 aliphatic heterocycles. The monoisotopic (exact) mass is 293 g/mol. The van der Waals surface area contributed by atoms with Crippen LogP contribution in [0.25, 0.3) is 0 Å². The molecule has 21 heavy (non-hydrogen) atoms. The summed E-state index contributed by atoms with van der Waals surface area (Å²) in [5.74, 6) is -1.82. The molecule has 0 saturated heterocycles. The van der Waals surface area contributed by atoms with E-state index < -0.39 is 18.2 Å². The number of rotatable bonds is 8. The van der Waals surface area contributed by atoms with E-state index in [1.807, 2.05) is 0 Å². The number of carboxylic acids is 1. The topological polar surface area (TPSA) is 87.1 Å². The first-order valence-corrected chi connectivity index (χ1v) is 6.48. The van der Waals surface area contributed by atoms with E-state index in [0.717, 1.165) is 0 Å². The SMILES string of the molecule is C=C(C)C(=O)OCCCN(c1ccccc1)C(O)C(=O)O. The number of carboxylic acid groups (broad SMARTS) is 1. The van der Waals surface area contributed by atoms with E-state index >= 15 is 0 Å². The molecule has 0 heterocycles. The molecular formula is C15H19NO5. The Labute approximate surface area is 123 Å². The largest absolute Gasteiger partial charge is 0.478 e. The van der Waals surface area contributed by atoms with E-state index in [0.29, 0.717) is 17.7 Å². The van der Waals surface area contributed by atoms with E-state index in [9.17, 15) is 14.7 Å². The highest BCUT2D eigenvalue weighted by atomic mass is 16.5. The third-order valence-corrected chi connectivity index (χ3v) is 2.73. The van der Waals surface area contributed by atoms with Crippen LogP contribution in [0.3, 0.4) is 0 Å². The van der Waals surface area contributed by atoms with Gasteiger partial charge in [0.2, 0.25) is 6.23 Å². The molecule has 0 aliphatic carbocycles. The van der Waals surface area contributed by atoms with Crippen LogP contribution in [-0.2, 0) is 14.3 Å². The number of esters is 1. The van der Waals surface area contributed by atoms with Gasteiger partial charge < -0.3 is 19.8 Å². The summed E-state index contributed by atoms with van der Waals surface area (Å²) in [5.41, 5.74) is 0.888. The van der Waals surface area contributed by atoms with Crippen LogP contribution < -0.4 is 4.90 Å². The van der Waals surface area contributed by atoms with Crippen molar-refractivity contribution >= 4 is 17.6 Å². The Bertz CT molecular complexity index is 500. The van der Waals surface area contributed by atoms with Gasteiger partial charge in [0.25, 0.3) is 0 Å². The lowest BCUT2D eigenvalue weighted by Gasteiger charge is -2.27. The second-order valence-electron chi connectivity index (χ2n) is 4.51. The van der Waals surface area contributed by atoms with Crippen molar-refractivity contribution in [2.24, 2.45) is 0 Å². The Morgan fingerprint density at radius 3 is 2.48 bits per heavy atom. The highest BCUT2D eigenvalue weighted by Crippen LogP contribution is 2.16. The molecule has 114 valence electrons. The first-order chi connectivity index (χ1) is 9.93. The first kappa shape index (κ1) is 16.7. The summed E-state index contributed by atoms with van der Waals surface area (Å²) in [6.45, 7) is 5.38. The fourth-order valence-corrected chi connectivity index (χ4v) is 1.67. The fraction of sp³-hybridized carbons (Fsp3) is 0.333. The van der Waals surface area contributed by atoms with Gasteiger partial charge >= 0.3 is 11.9 Å². The van der Waals surface area contributed by atoms with Crippen molar-refractivity contribution in [3.63, 3.8) is 0 Å². The molecule has 6 heteroatoms. The average molecular weight is 293 g/mol. The Morgan fingerprint density at radius 2 is 1.95 bits per heavy atom. The summed E-state index contributed by atoms with van der Waals surface area (Å²) in [6.07, 6.45) is -1.26. The predicted molar refractivity (Wildman–Crippen MR) is 77.8 cm³/mol. The zero-order valence-electron chi connectivity index (χ0n) is 11.9. The summed E-state index contributed by atoms with van der Waals surface area (Å²) in [5, 5.41) is 18.7. The van der Waals surface area contributed by atoms with E-state index in [4.69, 9.17) is 9.84 Å². The van der Waals surface area contributed by atoms with Crippen LogP contribution in [0.1, 0.15) is 13.3 Å². The van der Waals surface area contributed by atoms with Crippen molar-refractivity contribution in [2.45, 2.75) is 19.6 Å². The number of hydrogen-bond donors (Lipinski definition) is 2. The summed E-state index contributed by atoms with van der Waals surface area (Å²) < 4.78 is 4.94. The normalized spacial score (nSPS) is 11.5. The molecule has 0 radical (unpaired) electrons. The number of ether oxygens (including phenoxy) is 1. The molecule has 1 rings (SSSR count). The van der Waals surface area contributed by atoms with Crippen LogP contribution in [0.2, 0.25) is 0 Å². The molecule has 0 spiro atoms. The maximum atomic E-state index is 11.2. The third kappa shape index (κ3) is 5.27. The number of para-hydroxylation sites is 1. The standard InChI is InChI=1S/C15H19NO5/c1-11(2)15(20)21-10-6-9-16(13(17)14(18)19)12-7-4-3-5-8-12/h3-5,7-8,13,17H,1,6,9-10H2,2H3,(H,18,19). The number of anilines is 1. The van der Waals surface area contributed by atoms with Gasteiger partial charge in [0.15, 0.2) is 0 Å². The number of carbonyl (C=O) groups excluding carboxylic acids is 1. The van der Waals surface area contributed by atoms with Crippen LogP contribution in [-0.4, -0.2) is 41.5 Å². The Morgan fingerprint density at radius 1 is 1.33 bits per heavy atom. The number of aliphatic hydroxyl groups excluding tert-OH is 1. The lowest BCUT2D eigenvalue weighted by molar-refractivity contribution is -0.146. The van der Waals surface area contributed by atoms with Crippen molar-refractivity contribution < 1.29 is 24.5 Å². The molecule has 2 N–H and O–H groups in total. The van der Waals surface area contributed by atoms with Gasteiger partial charge in [0.05, 0.1) is 6.61 Å². The van der Waals surface area contributed by atoms with Crippen molar-refractivity contribution in [2.75, 3.05) is 18.1 Å². The molecule has 0 bridgehead atoms. The van der Waals surface area contributed by atoms with Crippen molar-refractivity contribution in [1.29, 1.82) is 0 Å². The molecule has 1 atom stereocenters. The van der Waals surface area contributed by atoms with Gasteiger partial charge in [-0.1, -0.05) is 24.8 Å². The van der Waals surface area contributed by atoms with E-state index in [1.165, 1.54) is 4.90 Å². The molecule has 0 aliphatic rings. The van der Waals surface area contributed by atoms with E-state index in [1.54, 1.807) is 37.3 Å². The molecule has 1 unspecified atom stereocenters. The highest BCUT2D eigenvalue weighted by molar-refractivity contribution is 5.86. The molecule has 0 amide bonds. The molecule has 0 aromatic heterocycles. The minimum atomic E-state index is -1.65. The number of benzene rings is 1. The molecule has 0 fully saturated rings.